The highest BCUT2D eigenvalue weighted by atomic mass is 79.9. The van der Waals surface area contributed by atoms with E-state index in [1.54, 1.807) is 12.1 Å². The maximum Gasteiger partial charge on any atom is 0.251 e. The van der Waals surface area contributed by atoms with E-state index in [1.165, 1.54) is 13.1 Å². The number of nitrogens with one attached hydrogen (secondary N) is 1. The van der Waals surface area contributed by atoms with E-state index in [2.05, 4.69) is 26.2 Å². The van der Waals surface area contributed by atoms with Crippen LogP contribution < -0.4 is 5.32 Å². The molecule has 88 valence electrons. The third-order valence-corrected chi connectivity index (χ3v) is 2.39. The van der Waals surface area contributed by atoms with E-state index in [-0.39, 0.29) is 12.5 Å². The number of nitrogens with zero attached hydrogens (tertiary/aromatic N) is 1. The summed E-state index contributed by atoms with van der Waals surface area (Å²) >= 11 is 3.15. The van der Waals surface area contributed by atoms with Crippen LogP contribution in [0, 0.1) is 0 Å². The minimum atomic E-state index is -1.31. The molecular formula is C10H13BrN2O3. The van der Waals surface area contributed by atoms with Crippen LogP contribution in [0.25, 0.3) is 0 Å². The first kappa shape index (κ1) is 13.1. The monoisotopic (exact) mass is 288 g/mol. The first-order chi connectivity index (χ1) is 7.44. The Morgan fingerprint density at radius 1 is 1.69 bits per heavy atom. The summed E-state index contributed by atoms with van der Waals surface area (Å²) < 4.78 is 0.564. The van der Waals surface area contributed by atoms with Crippen LogP contribution in [-0.2, 0) is 0 Å². The molecule has 0 bridgehead atoms. The molecule has 0 aliphatic carbocycles. The highest BCUT2D eigenvalue weighted by molar-refractivity contribution is 9.10. The van der Waals surface area contributed by atoms with E-state index in [0.717, 1.165) is 0 Å². The van der Waals surface area contributed by atoms with Gasteiger partial charge in [0.2, 0.25) is 0 Å². The van der Waals surface area contributed by atoms with Crippen molar-refractivity contribution in [3.63, 3.8) is 0 Å². The van der Waals surface area contributed by atoms with Gasteiger partial charge in [0.15, 0.2) is 0 Å². The molecule has 0 aliphatic heterocycles. The van der Waals surface area contributed by atoms with Crippen molar-refractivity contribution in [1.29, 1.82) is 0 Å². The van der Waals surface area contributed by atoms with E-state index in [1.807, 2.05) is 0 Å². The largest absolute Gasteiger partial charge is 0.393 e. The number of hydrogen-bond donors (Lipinski definition) is 3. The second kappa shape index (κ2) is 5.38. The Hall–Kier alpha value is -0.980. The number of rotatable bonds is 4. The molecule has 0 saturated heterocycles. The molecule has 1 unspecified atom stereocenters. The van der Waals surface area contributed by atoms with Gasteiger partial charge in [0.25, 0.3) is 5.91 Å². The minimum absolute atomic E-state index is 0.0116. The van der Waals surface area contributed by atoms with E-state index in [0.29, 0.717) is 10.2 Å². The quantitative estimate of drug-likeness (QED) is 0.697. The van der Waals surface area contributed by atoms with Gasteiger partial charge in [0.1, 0.15) is 10.2 Å². The van der Waals surface area contributed by atoms with Crippen molar-refractivity contribution in [2.75, 3.05) is 13.2 Å². The lowest BCUT2D eigenvalue weighted by atomic mass is 10.1. The van der Waals surface area contributed by atoms with Crippen LogP contribution in [0.15, 0.2) is 22.9 Å². The summed E-state index contributed by atoms with van der Waals surface area (Å²) in [5, 5.41) is 20.8. The van der Waals surface area contributed by atoms with Crippen molar-refractivity contribution in [2.45, 2.75) is 12.5 Å². The maximum atomic E-state index is 11.6. The molecule has 0 spiro atoms. The Labute approximate surface area is 102 Å². The average Bonchev–Trinajstić information content (AvgIpc) is 2.26. The highest BCUT2D eigenvalue weighted by Gasteiger charge is 2.20. The van der Waals surface area contributed by atoms with Gasteiger partial charge < -0.3 is 15.5 Å². The molecule has 1 amide bonds. The molecule has 6 heteroatoms. The molecule has 16 heavy (non-hydrogen) atoms. The normalized spacial score (nSPS) is 14.2. The van der Waals surface area contributed by atoms with Gasteiger partial charge in [-0.1, -0.05) is 0 Å². The van der Waals surface area contributed by atoms with Crippen molar-refractivity contribution in [3.05, 3.63) is 28.5 Å². The van der Waals surface area contributed by atoms with Crippen molar-refractivity contribution in [1.82, 2.24) is 10.3 Å². The van der Waals surface area contributed by atoms with Crippen LogP contribution in [0.2, 0.25) is 0 Å². The van der Waals surface area contributed by atoms with E-state index < -0.39 is 12.2 Å². The highest BCUT2D eigenvalue weighted by Crippen LogP contribution is 2.08. The average molecular weight is 289 g/mol. The number of amides is 1. The van der Waals surface area contributed by atoms with Gasteiger partial charge >= 0.3 is 0 Å². The van der Waals surface area contributed by atoms with Crippen LogP contribution in [0.5, 0.6) is 0 Å². The molecule has 1 aromatic heterocycles. The molecule has 1 rings (SSSR count). The lowest BCUT2D eigenvalue weighted by Crippen LogP contribution is -2.43. The third-order valence-electron chi connectivity index (χ3n) is 1.96. The number of halogens is 1. The zero-order valence-electron chi connectivity index (χ0n) is 8.77. The van der Waals surface area contributed by atoms with Gasteiger partial charge in [0.05, 0.1) is 6.61 Å². The fourth-order valence-corrected chi connectivity index (χ4v) is 1.34. The van der Waals surface area contributed by atoms with Crippen LogP contribution in [0.4, 0.5) is 0 Å². The SMILES string of the molecule is CC(O)(CO)CNC(=O)c1ccnc(Br)c1. The lowest BCUT2D eigenvalue weighted by Gasteiger charge is -2.20. The molecule has 0 aromatic carbocycles. The van der Waals surface area contributed by atoms with E-state index >= 15 is 0 Å². The number of hydrogen-bond acceptors (Lipinski definition) is 4. The number of carbonyl (C=O) groups is 1. The van der Waals surface area contributed by atoms with Crippen LogP contribution in [-0.4, -0.2) is 39.9 Å². The van der Waals surface area contributed by atoms with Gasteiger partial charge in [-0.2, -0.15) is 0 Å². The Morgan fingerprint density at radius 2 is 2.38 bits per heavy atom. The smallest absolute Gasteiger partial charge is 0.251 e. The fourth-order valence-electron chi connectivity index (χ4n) is 0.972. The molecule has 1 aromatic rings. The second-order valence-electron chi connectivity index (χ2n) is 3.70. The van der Waals surface area contributed by atoms with Crippen molar-refractivity contribution in [3.8, 4) is 0 Å². The molecule has 0 fully saturated rings. The predicted octanol–water partition coefficient (Wildman–Crippen LogP) is 0.317. The molecule has 0 saturated carbocycles. The van der Waals surface area contributed by atoms with Crippen molar-refractivity contribution in [2.24, 2.45) is 0 Å². The maximum absolute atomic E-state index is 11.6. The third kappa shape index (κ3) is 3.88. The number of aliphatic hydroxyl groups is 2. The summed E-state index contributed by atoms with van der Waals surface area (Å²) in [4.78, 5) is 15.5. The molecule has 5 nitrogen and oxygen atoms in total. The minimum Gasteiger partial charge on any atom is -0.393 e. The first-order valence-electron chi connectivity index (χ1n) is 4.67. The predicted molar refractivity (Wildman–Crippen MR) is 62.0 cm³/mol. The zero-order valence-corrected chi connectivity index (χ0v) is 10.4. The molecule has 0 aliphatic rings. The van der Waals surface area contributed by atoms with E-state index in [4.69, 9.17) is 5.11 Å². The van der Waals surface area contributed by atoms with Gasteiger partial charge in [-0.15, -0.1) is 0 Å². The topological polar surface area (TPSA) is 82.5 Å². The van der Waals surface area contributed by atoms with Gasteiger partial charge in [0, 0.05) is 18.3 Å². The van der Waals surface area contributed by atoms with Gasteiger partial charge in [-0.05, 0) is 35.0 Å². The standard InChI is InChI=1S/C10H13BrN2O3/c1-10(16,6-14)5-13-9(15)7-2-3-12-8(11)4-7/h2-4,14,16H,5-6H2,1H3,(H,13,15). The zero-order chi connectivity index (χ0) is 12.2. The molecule has 1 heterocycles. The van der Waals surface area contributed by atoms with Crippen LogP contribution in [0.3, 0.4) is 0 Å². The number of aromatic nitrogens is 1. The Bertz CT molecular complexity index is 382. The summed E-state index contributed by atoms with van der Waals surface area (Å²) in [7, 11) is 0. The number of pyridine rings is 1. The lowest BCUT2D eigenvalue weighted by molar-refractivity contribution is 0.00320. The van der Waals surface area contributed by atoms with Crippen LogP contribution in [0.1, 0.15) is 17.3 Å². The van der Waals surface area contributed by atoms with Crippen LogP contribution >= 0.6 is 15.9 Å². The van der Waals surface area contributed by atoms with Gasteiger partial charge in [-0.25, -0.2) is 4.98 Å². The Kier molecular flexibility index (Phi) is 4.40. The summed E-state index contributed by atoms with van der Waals surface area (Å²) in [5.41, 5.74) is -0.865. The first-order valence-corrected chi connectivity index (χ1v) is 5.47. The number of aliphatic hydroxyl groups excluding tert-OH is 1. The second-order valence-corrected chi connectivity index (χ2v) is 4.52. The summed E-state index contributed by atoms with van der Waals surface area (Å²) in [6, 6.07) is 3.14. The van der Waals surface area contributed by atoms with Crippen molar-refractivity contribution >= 4 is 21.8 Å². The van der Waals surface area contributed by atoms with Crippen molar-refractivity contribution < 1.29 is 15.0 Å². The fraction of sp³-hybridized carbons (Fsp3) is 0.400. The summed E-state index contributed by atoms with van der Waals surface area (Å²) in [5.74, 6) is -0.322. The Morgan fingerprint density at radius 3 is 2.94 bits per heavy atom. The molecule has 3 N–H and O–H groups in total. The van der Waals surface area contributed by atoms with E-state index in [9.17, 15) is 9.90 Å². The molecule has 0 radical (unpaired) electrons. The summed E-state index contributed by atoms with van der Waals surface area (Å²) in [6.45, 7) is 1.02. The summed E-state index contributed by atoms with van der Waals surface area (Å²) in [6.07, 6.45) is 1.50. The Balaban J connectivity index is 2.60. The number of carbonyl (C=O) groups excluding carboxylic acids is 1. The van der Waals surface area contributed by atoms with Gasteiger partial charge in [-0.3, -0.25) is 4.79 Å². The molecule has 1 atom stereocenters. The molecular weight excluding hydrogens is 276 g/mol.